The van der Waals surface area contributed by atoms with Gasteiger partial charge in [0.15, 0.2) is 0 Å². The van der Waals surface area contributed by atoms with E-state index in [4.69, 9.17) is 9.47 Å². The molecule has 0 bridgehead atoms. The average molecular weight is 249 g/mol. The Hall–Kier alpha value is -1.55. The predicted octanol–water partition coefficient (Wildman–Crippen LogP) is 1.59. The van der Waals surface area contributed by atoms with Crippen LogP contribution in [0.15, 0.2) is 18.2 Å². The Morgan fingerprint density at radius 1 is 1.39 bits per heavy atom. The number of rotatable bonds is 3. The van der Waals surface area contributed by atoms with Gasteiger partial charge in [-0.2, -0.15) is 0 Å². The highest BCUT2D eigenvalue weighted by Crippen LogP contribution is 2.24. The normalized spacial score (nSPS) is 22.8. The molecule has 2 atom stereocenters. The molecule has 1 aromatic rings. The molecule has 0 amide bonds. The van der Waals surface area contributed by atoms with Crippen molar-refractivity contribution < 1.29 is 14.3 Å². The van der Waals surface area contributed by atoms with E-state index in [9.17, 15) is 4.79 Å². The van der Waals surface area contributed by atoms with Crippen LogP contribution in [0.5, 0.6) is 5.75 Å². The van der Waals surface area contributed by atoms with Crippen LogP contribution in [0.2, 0.25) is 0 Å². The highest BCUT2D eigenvalue weighted by Gasteiger charge is 2.31. The Morgan fingerprint density at radius 3 is 2.89 bits per heavy atom. The zero-order valence-electron chi connectivity index (χ0n) is 11.0. The summed E-state index contributed by atoms with van der Waals surface area (Å²) >= 11 is 0. The Kier molecular flexibility index (Phi) is 3.87. The third-order valence-electron chi connectivity index (χ3n) is 3.42. The second-order valence-corrected chi connectivity index (χ2v) is 4.66. The van der Waals surface area contributed by atoms with Gasteiger partial charge >= 0.3 is 5.97 Å². The van der Waals surface area contributed by atoms with Crippen molar-refractivity contribution in [2.45, 2.75) is 32.4 Å². The lowest BCUT2D eigenvalue weighted by Crippen LogP contribution is -2.31. The van der Waals surface area contributed by atoms with Gasteiger partial charge in [-0.15, -0.1) is 0 Å². The first-order chi connectivity index (χ1) is 8.61. The van der Waals surface area contributed by atoms with Crippen molar-refractivity contribution in [3.8, 4) is 5.75 Å². The van der Waals surface area contributed by atoms with Gasteiger partial charge in [-0.1, -0.05) is 12.1 Å². The minimum absolute atomic E-state index is 0.0228. The van der Waals surface area contributed by atoms with Crippen LogP contribution in [0.3, 0.4) is 0 Å². The highest BCUT2D eigenvalue weighted by molar-refractivity contribution is 5.76. The zero-order valence-corrected chi connectivity index (χ0v) is 11.0. The average Bonchev–Trinajstić information content (AvgIpc) is 2.82. The van der Waals surface area contributed by atoms with Crippen LogP contribution in [-0.2, 0) is 9.53 Å². The molecular weight excluding hydrogens is 230 g/mol. The SMILES string of the molecule is COC(=O)C1CC(Oc2cccc(C)c2C)CN1. The van der Waals surface area contributed by atoms with Gasteiger partial charge < -0.3 is 14.8 Å². The van der Waals surface area contributed by atoms with Crippen LogP contribution in [0.4, 0.5) is 0 Å². The molecule has 2 rings (SSSR count). The number of carbonyl (C=O) groups is 1. The van der Waals surface area contributed by atoms with Crippen molar-refractivity contribution in [3.63, 3.8) is 0 Å². The molecule has 98 valence electrons. The largest absolute Gasteiger partial charge is 0.489 e. The molecule has 0 aromatic heterocycles. The number of methoxy groups -OCH3 is 1. The van der Waals surface area contributed by atoms with Crippen LogP contribution in [0.1, 0.15) is 17.5 Å². The summed E-state index contributed by atoms with van der Waals surface area (Å²) in [6.45, 7) is 4.78. The van der Waals surface area contributed by atoms with E-state index in [1.54, 1.807) is 0 Å². The number of nitrogens with one attached hydrogen (secondary N) is 1. The maximum absolute atomic E-state index is 11.4. The van der Waals surface area contributed by atoms with Crippen molar-refractivity contribution in [1.29, 1.82) is 0 Å². The summed E-state index contributed by atoms with van der Waals surface area (Å²) in [5.41, 5.74) is 2.36. The topological polar surface area (TPSA) is 47.6 Å². The minimum atomic E-state index is -0.245. The molecule has 1 N–H and O–H groups in total. The van der Waals surface area contributed by atoms with Gasteiger partial charge in [0.1, 0.15) is 17.9 Å². The standard InChI is InChI=1S/C14H19NO3/c1-9-5-4-6-13(10(9)2)18-11-7-12(15-8-11)14(16)17-3/h4-6,11-12,15H,7-8H2,1-3H3. The van der Waals surface area contributed by atoms with Crippen molar-refractivity contribution >= 4 is 5.97 Å². The molecule has 1 fully saturated rings. The van der Waals surface area contributed by atoms with Gasteiger partial charge in [0.25, 0.3) is 0 Å². The number of hydrogen-bond donors (Lipinski definition) is 1. The van der Waals surface area contributed by atoms with Crippen molar-refractivity contribution in [3.05, 3.63) is 29.3 Å². The highest BCUT2D eigenvalue weighted by atomic mass is 16.5. The summed E-state index contributed by atoms with van der Waals surface area (Å²) in [7, 11) is 1.41. The molecule has 0 radical (unpaired) electrons. The van der Waals surface area contributed by atoms with Crippen LogP contribution in [-0.4, -0.2) is 31.8 Å². The Morgan fingerprint density at radius 2 is 2.17 bits per heavy atom. The van der Waals surface area contributed by atoms with Crippen LogP contribution < -0.4 is 10.1 Å². The third-order valence-corrected chi connectivity index (χ3v) is 3.42. The summed E-state index contributed by atoms with van der Waals surface area (Å²) in [4.78, 5) is 11.4. The van der Waals surface area contributed by atoms with E-state index < -0.39 is 0 Å². The van der Waals surface area contributed by atoms with Gasteiger partial charge in [-0.25, -0.2) is 0 Å². The minimum Gasteiger partial charge on any atom is -0.489 e. The summed E-state index contributed by atoms with van der Waals surface area (Å²) in [6, 6.07) is 5.77. The van der Waals surface area contributed by atoms with E-state index >= 15 is 0 Å². The molecule has 4 heteroatoms. The summed E-state index contributed by atoms with van der Waals surface area (Å²) in [5, 5.41) is 3.11. The third kappa shape index (κ3) is 2.64. The van der Waals surface area contributed by atoms with E-state index in [1.165, 1.54) is 12.7 Å². The number of aryl methyl sites for hydroxylation is 1. The first-order valence-electron chi connectivity index (χ1n) is 6.16. The molecule has 1 aliphatic heterocycles. The van der Waals surface area contributed by atoms with E-state index in [-0.39, 0.29) is 18.1 Å². The fourth-order valence-electron chi connectivity index (χ4n) is 2.15. The lowest BCUT2D eigenvalue weighted by Gasteiger charge is -2.15. The number of esters is 1. The summed E-state index contributed by atoms with van der Waals surface area (Å²) in [6.07, 6.45) is 0.676. The number of benzene rings is 1. The Balaban J connectivity index is 1.99. The molecular formula is C14H19NO3. The quantitative estimate of drug-likeness (QED) is 0.826. The molecule has 0 spiro atoms. The van der Waals surface area contributed by atoms with Crippen molar-refractivity contribution in [2.75, 3.05) is 13.7 Å². The number of ether oxygens (including phenoxy) is 2. The molecule has 18 heavy (non-hydrogen) atoms. The number of hydrogen-bond acceptors (Lipinski definition) is 4. The predicted molar refractivity (Wildman–Crippen MR) is 68.8 cm³/mol. The second kappa shape index (κ2) is 5.40. The maximum Gasteiger partial charge on any atom is 0.323 e. The fourth-order valence-corrected chi connectivity index (χ4v) is 2.15. The molecule has 0 saturated carbocycles. The molecule has 1 aromatic carbocycles. The van der Waals surface area contributed by atoms with Gasteiger partial charge in [0.2, 0.25) is 0 Å². The lowest BCUT2D eigenvalue weighted by atomic mass is 10.1. The van der Waals surface area contributed by atoms with Gasteiger partial charge in [-0.05, 0) is 31.0 Å². The van der Waals surface area contributed by atoms with Gasteiger partial charge in [0.05, 0.1) is 7.11 Å². The van der Waals surface area contributed by atoms with E-state index in [0.29, 0.717) is 13.0 Å². The maximum atomic E-state index is 11.4. The van der Waals surface area contributed by atoms with Crippen molar-refractivity contribution in [1.82, 2.24) is 5.32 Å². The monoisotopic (exact) mass is 249 g/mol. The summed E-state index contributed by atoms with van der Waals surface area (Å²) < 4.78 is 10.7. The fraction of sp³-hybridized carbons (Fsp3) is 0.500. The zero-order chi connectivity index (χ0) is 13.1. The number of carbonyl (C=O) groups excluding carboxylic acids is 1. The smallest absolute Gasteiger partial charge is 0.323 e. The van der Waals surface area contributed by atoms with E-state index in [0.717, 1.165) is 11.3 Å². The molecule has 1 aliphatic rings. The van der Waals surface area contributed by atoms with Crippen LogP contribution in [0.25, 0.3) is 0 Å². The van der Waals surface area contributed by atoms with E-state index in [2.05, 4.69) is 18.3 Å². The Bertz CT molecular complexity index is 445. The van der Waals surface area contributed by atoms with Gasteiger partial charge in [-0.3, -0.25) is 4.79 Å². The van der Waals surface area contributed by atoms with Gasteiger partial charge in [0, 0.05) is 13.0 Å². The molecule has 4 nitrogen and oxygen atoms in total. The molecule has 1 saturated heterocycles. The van der Waals surface area contributed by atoms with Crippen molar-refractivity contribution in [2.24, 2.45) is 0 Å². The Labute approximate surface area is 107 Å². The summed E-state index contributed by atoms with van der Waals surface area (Å²) in [5.74, 6) is 0.675. The van der Waals surface area contributed by atoms with E-state index in [1.807, 2.05) is 19.1 Å². The van der Waals surface area contributed by atoms with Crippen LogP contribution in [0, 0.1) is 13.8 Å². The molecule has 1 heterocycles. The first-order valence-corrected chi connectivity index (χ1v) is 6.16. The first kappa shape index (κ1) is 12.9. The lowest BCUT2D eigenvalue weighted by molar-refractivity contribution is -0.142. The molecule has 0 aliphatic carbocycles. The second-order valence-electron chi connectivity index (χ2n) is 4.66. The molecule has 2 unspecified atom stereocenters. The van der Waals surface area contributed by atoms with Crippen LogP contribution >= 0.6 is 0 Å².